The van der Waals surface area contributed by atoms with Crippen LogP contribution in [0.4, 0.5) is 0 Å². The molecule has 0 spiro atoms. The molecule has 0 unspecified atom stereocenters. The number of aromatic nitrogens is 4. The number of amides is 1. The largest absolute Gasteiger partial charge is 0.354 e. The molecule has 1 fully saturated rings. The van der Waals surface area contributed by atoms with Gasteiger partial charge in [-0.25, -0.2) is 9.50 Å². The molecule has 5 rings (SSSR count). The first-order valence-electron chi connectivity index (χ1n) is 12.2. The van der Waals surface area contributed by atoms with E-state index < -0.39 is 0 Å². The van der Waals surface area contributed by atoms with Crippen LogP contribution in [0.2, 0.25) is 0 Å². The van der Waals surface area contributed by atoms with Crippen molar-refractivity contribution in [2.24, 2.45) is 0 Å². The average Bonchev–Trinajstić information content (AvgIpc) is 3.44. The molecule has 34 heavy (non-hydrogen) atoms. The maximum atomic E-state index is 12.4. The third kappa shape index (κ3) is 3.98. The van der Waals surface area contributed by atoms with Gasteiger partial charge in [-0.1, -0.05) is 19.9 Å². The Morgan fingerprint density at radius 1 is 1.18 bits per heavy atom. The zero-order chi connectivity index (χ0) is 24.0. The molecule has 178 valence electrons. The summed E-state index contributed by atoms with van der Waals surface area (Å²) in [4.78, 5) is 24.7. The molecule has 1 saturated heterocycles. The van der Waals surface area contributed by atoms with Crippen LogP contribution < -0.4 is 0 Å². The number of pyridine rings is 1. The fourth-order valence-electron chi connectivity index (χ4n) is 5.36. The van der Waals surface area contributed by atoms with Gasteiger partial charge in [0.15, 0.2) is 5.65 Å². The number of hydrogen-bond donors (Lipinski definition) is 1. The first kappa shape index (κ1) is 22.6. The first-order valence-corrected chi connectivity index (χ1v) is 12.2. The number of nitrogens with one attached hydrogen (secondary N) is 1. The molecule has 7 heteroatoms. The van der Waals surface area contributed by atoms with E-state index in [0.29, 0.717) is 18.4 Å². The maximum Gasteiger partial charge on any atom is 0.236 e. The predicted molar refractivity (Wildman–Crippen MR) is 136 cm³/mol. The summed E-state index contributed by atoms with van der Waals surface area (Å²) in [5.74, 6) is 1.07. The Morgan fingerprint density at radius 3 is 2.65 bits per heavy atom. The van der Waals surface area contributed by atoms with Crippen molar-refractivity contribution in [1.82, 2.24) is 29.4 Å². The third-order valence-corrected chi connectivity index (χ3v) is 7.09. The van der Waals surface area contributed by atoms with Gasteiger partial charge in [0.25, 0.3) is 0 Å². The van der Waals surface area contributed by atoms with Gasteiger partial charge in [-0.2, -0.15) is 5.10 Å². The van der Waals surface area contributed by atoms with E-state index in [1.54, 1.807) is 6.33 Å². The van der Waals surface area contributed by atoms with Gasteiger partial charge in [-0.3, -0.25) is 4.79 Å². The standard InChI is InChI=1S/C27H34N6O/c1-17(2)25-22-14-20(19-10-12-32(13-11-19)24(34)15-31(4)5)7-9-23(22)30-26(25)21-8-6-18(3)33-27(21)28-16-29-33/h6-9,14,16-17,19,30H,10-13,15H2,1-5H3. The molecule has 7 nitrogen and oxygen atoms in total. The summed E-state index contributed by atoms with van der Waals surface area (Å²) in [6, 6.07) is 11.1. The second kappa shape index (κ2) is 8.87. The number of likely N-dealkylation sites (N-methyl/N-ethyl adjacent to an activating group) is 1. The summed E-state index contributed by atoms with van der Waals surface area (Å²) in [6.45, 7) is 8.70. The summed E-state index contributed by atoms with van der Waals surface area (Å²) in [7, 11) is 3.89. The summed E-state index contributed by atoms with van der Waals surface area (Å²) in [6.07, 6.45) is 3.64. The quantitative estimate of drug-likeness (QED) is 0.475. The summed E-state index contributed by atoms with van der Waals surface area (Å²) in [5, 5.41) is 5.69. The van der Waals surface area contributed by atoms with Gasteiger partial charge in [0, 0.05) is 35.2 Å². The van der Waals surface area contributed by atoms with Crippen LogP contribution in [0.5, 0.6) is 0 Å². The van der Waals surface area contributed by atoms with Gasteiger partial charge >= 0.3 is 0 Å². The number of aryl methyl sites for hydroxylation is 1. The van der Waals surface area contributed by atoms with Gasteiger partial charge in [-0.05, 0) is 81.1 Å². The highest BCUT2D eigenvalue weighted by Crippen LogP contribution is 2.39. The average molecular weight is 459 g/mol. The van der Waals surface area contributed by atoms with Gasteiger partial charge in [0.2, 0.25) is 5.91 Å². The van der Waals surface area contributed by atoms with E-state index in [1.807, 2.05) is 35.3 Å². The highest BCUT2D eigenvalue weighted by Gasteiger charge is 2.25. The summed E-state index contributed by atoms with van der Waals surface area (Å²) in [5.41, 5.74) is 8.00. The fourth-order valence-corrected chi connectivity index (χ4v) is 5.36. The second-order valence-corrected chi connectivity index (χ2v) is 10.2. The normalized spacial score (nSPS) is 15.3. The Kier molecular flexibility index (Phi) is 5.90. The highest BCUT2D eigenvalue weighted by molar-refractivity contribution is 5.94. The zero-order valence-electron chi connectivity index (χ0n) is 20.8. The molecule has 0 bridgehead atoms. The lowest BCUT2D eigenvalue weighted by Crippen LogP contribution is -2.42. The Bertz CT molecular complexity index is 1340. The van der Waals surface area contributed by atoms with Gasteiger partial charge < -0.3 is 14.8 Å². The third-order valence-electron chi connectivity index (χ3n) is 7.09. The van der Waals surface area contributed by atoms with Crippen LogP contribution in [0.25, 0.3) is 27.8 Å². The number of carbonyl (C=O) groups excluding carboxylic acids is 1. The lowest BCUT2D eigenvalue weighted by atomic mass is 9.87. The van der Waals surface area contributed by atoms with Crippen LogP contribution in [-0.2, 0) is 4.79 Å². The van der Waals surface area contributed by atoms with E-state index >= 15 is 0 Å². The minimum absolute atomic E-state index is 0.231. The molecule has 0 atom stereocenters. The number of rotatable bonds is 5. The topological polar surface area (TPSA) is 69.5 Å². The first-order chi connectivity index (χ1) is 16.3. The molecular formula is C27H34N6O. The minimum atomic E-state index is 0.231. The zero-order valence-corrected chi connectivity index (χ0v) is 20.8. The van der Waals surface area contributed by atoms with E-state index in [0.717, 1.165) is 54.0 Å². The number of H-pyrrole nitrogens is 1. The van der Waals surface area contributed by atoms with Gasteiger partial charge in [-0.15, -0.1) is 0 Å². The fraction of sp³-hybridized carbons (Fsp3) is 0.444. The van der Waals surface area contributed by atoms with Crippen molar-refractivity contribution in [3.63, 3.8) is 0 Å². The van der Waals surface area contributed by atoms with Crippen LogP contribution in [0.3, 0.4) is 0 Å². The second-order valence-electron chi connectivity index (χ2n) is 10.2. The predicted octanol–water partition coefficient (Wildman–Crippen LogP) is 4.58. The SMILES string of the molecule is Cc1ccc(-c2[nH]c3ccc(C4CCN(C(=O)CN(C)C)CC4)cc3c2C(C)C)c2ncnn12. The van der Waals surface area contributed by atoms with Crippen LogP contribution in [0.1, 0.15) is 55.3 Å². The van der Waals surface area contributed by atoms with Crippen molar-refractivity contribution in [3.05, 3.63) is 53.5 Å². The Labute approximate surface area is 200 Å². The van der Waals surface area contributed by atoms with Crippen molar-refractivity contribution in [2.75, 3.05) is 33.7 Å². The molecule has 4 heterocycles. The van der Waals surface area contributed by atoms with Crippen LogP contribution in [0, 0.1) is 6.92 Å². The molecular weight excluding hydrogens is 424 g/mol. The molecule has 1 aromatic carbocycles. The van der Waals surface area contributed by atoms with E-state index in [4.69, 9.17) is 0 Å². The number of carbonyl (C=O) groups is 1. The van der Waals surface area contributed by atoms with Crippen molar-refractivity contribution in [3.8, 4) is 11.3 Å². The number of benzene rings is 1. The summed E-state index contributed by atoms with van der Waals surface area (Å²) >= 11 is 0. The molecule has 1 N–H and O–H groups in total. The molecule has 0 saturated carbocycles. The Balaban J connectivity index is 1.48. The van der Waals surface area contributed by atoms with Crippen molar-refractivity contribution in [2.45, 2.75) is 45.4 Å². The highest BCUT2D eigenvalue weighted by atomic mass is 16.2. The molecule has 1 aliphatic rings. The number of aromatic amines is 1. The van der Waals surface area contributed by atoms with Crippen LogP contribution in [-0.4, -0.2) is 69.0 Å². The number of piperidine rings is 1. The van der Waals surface area contributed by atoms with Crippen molar-refractivity contribution >= 4 is 22.5 Å². The Morgan fingerprint density at radius 2 is 1.94 bits per heavy atom. The van der Waals surface area contributed by atoms with Crippen LogP contribution >= 0.6 is 0 Å². The monoisotopic (exact) mass is 458 g/mol. The number of fused-ring (bicyclic) bond motifs is 2. The smallest absolute Gasteiger partial charge is 0.236 e. The van der Waals surface area contributed by atoms with E-state index in [1.165, 1.54) is 16.5 Å². The molecule has 1 aliphatic heterocycles. The van der Waals surface area contributed by atoms with E-state index in [-0.39, 0.29) is 5.91 Å². The van der Waals surface area contributed by atoms with Crippen LogP contribution in [0.15, 0.2) is 36.7 Å². The molecule has 4 aromatic rings. The summed E-state index contributed by atoms with van der Waals surface area (Å²) < 4.78 is 1.90. The van der Waals surface area contributed by atoms with E-state index in [9.17, 15) is 4.79 Å². The molecule has 0 radical (unpaired) electrons. The lowest BCUT2D eigenvalue weighted by molar-refractivity contribution is -0.132. The minimum Gasteiger partial charge on any atom is -0.354 e. The van der Waals surface area contributed by atoms with Crippen molar-refractivity contribution in [1.29, 1.82) is 0 Å². The molecule has 1 amide bonds. The Hall–Kier alpha value is -3.19. The number of nitrogens with zero attached hydrogens (tertiary/aromatic N) is 5. The van der Waals surface area contributed by atoms with E-state index in [2.05, 4.69) is 59.2 Å². The molecule has 0 aliphatic carbocycles. The van der Waals surface area contributed by atoms with Gasteiger partial charge in [0.05, 0.1) is 12.2 Å². The van der Waals surface area contributed by atoms with Gasteiger partial charge in [0.1, 0.15) is 6.33 Å². The number of likely N-dealkylation sites (tertiary alicyclic amines) is 1. The molecule has 3 aromatic heterocycles. The lowest BCUT2D eigenvalue weighted by Gasteiger charge is -2.33. The maximum absolute atomic E-state index is 12.4. The number of hydrogen-bond acceptors (Lipinski definition) is 4. The van der Waals surface area contributed by atoms with Crippen molar-refractivity contribution < 1.29 is 4.79 Å².